The number of hydrogen-bond acceptors (Lipinski definition) is 4. The molecule has 2 amide bonds. The van der Waals surface area contributed by atoms with Crippen molar-refractivity contribution in [3.8, 4) is 11.5 Å². The molecule has 2 aliphatic rings. The molecule has 7 heteroatoms. The third-order valence-electron chi connectivity index (χ3n) is 5.79. The molecule has 7 nitrogen and oxygen atoms in total. The Labute approximate surface area is 174 Å². The van der Waals surface area contributed by atoms with Crippen molar-refractivity contribution in [3.63, 3.8) is 0 Å². The maximum absolute atomic E-state index is 13.2. The Balaban J connectivity index is 1.39. The maximum Gasteiger partial charge on any atom is 0.247 e. The third kappa shape index (κ3) is 3.07. The van der Waals surface area contributed by atoms with Crippen molar-refractivity contribution in [1.29, 1.82) is 0 Å². The first-order valence-electron chi connectivity index (χ1n) is 10.1. The molecule has 1 aromatic heterocycles. The lowest BCUT2D eigenvalue weighted by molar-refractivity contribution is -0.156. The molecule has 2 N–H and O–H groups in total. The van der Waals surface area contributed by atoms with E-state index in [-0.39, 0.29) is 30.6 Å². The van der Waals surface area contributed by atoms with Crippen molar-refractivity contribution in [2.45, 2.75) is 32.4 Å². The quantitative estimate of drug-likeness (QED) is 0.632. The minimum absolute atomic E-state index is 0.0207. The lowest BCUT2D eigenvalue weighted by atomic mass is 9.87. The lowest BCUT2D eigenvalue weighted by Crippen LogP contribution is -2.58. The molecule has 0 radical (unpaired) electrons. The fraction of sp³-hybridized carbons (Fsp3) is 0.304. The van der Waals surface area contributed by atoms with Crippen molar-refractivity contribution in [2.75, 3.05) is 12.1 Å². The van der Waals surface area contributed by atoms with Gasteiger partial charge in [0.25, 0.3) is 0 Å². The fourth-order valence-electron chi connectivity index (χ4n) is 4.28. The predicted octanol–water partition coefficient (Wildman–Crippen LogP) is 3.83. The summed E-state index contributed by atoms with van der Waals surface area (Å²) in [6, 6.07) is 12.7. The molecule has 2 unspecified atom stereocenters. The molecule has 1 saturated heterocycles. The van der Waals surface area contributed by atoms with E-state index < -0.39 is 6.04 Å². The van der Waals surface area contributed by atoms with Crippen molar-refractivity contribution in [1.82, 2.24) is 9.88 Å². The number of benzene rings is 2. The highest BCUT2D eigenvalue weighted by atomic mass is 16.7. The van der Waals surface area contributed by atoms with Gasteiger partial charge >= 0.3 is 0 Å². The third-order valence-corrected chi connectivity index (χ3v) is 5.79. The second-order valence-corrected chi connectivity index (χ2v) is 8.09. The van der Waals surface area contributed by atoms with Crippen LogP contribution in [0.2, 0.25) is 0 Å². The summed E-state index contributed by atoms with van der Waals surface area (Å²) in [5, 5.41) is 4.02. The number of nitrogens with one attached hydrogen (secondary N) is 2. The van der Waals surface area contributed by atoms with Gasteiger partial charge in [-0.3, -0.25) is 9.59 Å². The van der Waals surface area contributed by atoms with Crippen molar-refractivity contribution < 1.29 is 19.1 Å². The molecular weight excluding hydrogens is 382 g/mol. The van der Waals surface area contributed by atoms with Crippen LogP contribution in [0.15, 0.2) is 48.7 Å². The monoisotopic (exact) mass is 405 g/mol. The van der Waals surface area contributed by atoms with Crippen molar-refractivity contribution in [2.24, 2.45) is 5.92 Å². The molecule has 0 bridgehead atoms. The number of nitrogens with zero attached hydrogens (tertiary/aromatic N) is 1. The summed E-state index contributed by atoms with van der Waals surface area (Å²) in [7, 11) is 0. The molecule has 0 saturated carbocycles. The van der Waals surface area contributed by atoms with Crippen LogP contribution in [0.5, 0.6) is 11.5 Å². The van der Waals surface area contributed by atoms with Gasteiger partial charge in [-0.05, 0) is 47.9 Å². The standard InChI is InChI=1S/C23H23N3O4/c1-13(2)22(23(28)25-16-4-5-17-14(9-16)7-8-24-17)26-18(11-21(26)27)15-3-6-19-20(10-15)30-12-29-19/h3-10,13,18,22,24H,11-12H2,1-2H3,(H,25,28). The molecule has 5 rings (SSSR count). The summed E-state index contributed by atoms with van der Waals surface area (Å²) < 4.78 is 10.9. The number of likely N-dealkylation sites (tertiary alicyclic amines) is 1. The summed E-state index contributed by atoms with van der Waals surface area (Å²) in [6.45, 7) is 4.12. The van der Waals surface area contributed by atoms with Crippen LogP contribution in [0.25, 0.3) is 10.9 Å². The number of rotatable bonds is 5. The average Bonchev–Trinajstić information content (AvgIpc) is 3.37. The number of carbonyl (C=O) groups is 2. The number of H-pyrrole nitrogens is 1. The zero-order valence-corrected chi connectivity index (χ0v) is 16.8. The number of carbonyl (C=O) groups excluding carboxylic acids is 2. The summed E-state index contributed by atoms with van der Waals surface area (Å²) in [5.74, 6) is 1.14. The molecule has 0 spiro atoms. The molecule has 3 aromatic rings. The Kier molecular flexibility index (Phi) is 4.38. The summed E-state index contributed by atoms with van der Waals surface area (Å²) in [4.78, 5) is 30.6. The Morgan fingerprint density at radius 3 is 2.77 bits per heavy atom. The van der Waals surface area contributed by atoms with E-state index in [0.717, 1.165) is 16.5 Å². The van der Waals surface area contributed by atoms with Crippen LogP contribution in [0, 0.1) is 5.92 Å². The zero-order chi connectivity index (χ0) is 20.8. The topological polar surface area (TPSA) is 83.7 Å². The second-order valence-electron chi connectivity index (χ2n) is 8.09. The molecule has 2 aliphatic heterocycles. The molecule has 2 aromatic carbocycles. The van der Waals surface area contributed by atoms with Gasteiger partial charge in [0.15, 0.2) is 11.5 Å². The minimum Gasteiger partial charge on any atom is -0.454 e. The van der Waals surface area contributed by atoms with Crippen LogP contribution < -0.4 is 14.8 Å². The lowest BCUT2D eigenvalue weighted by Gasteiger charge is -2.46. The smallest absolute Gasteiger partial charge is 0.247 e. The number of fused-ring (bicyclic) bond motifs is 2. The first-order chi connectivity index (χ1) is 14.5. The second kappa shape index (κ2) is 7.09. The van der Waals surface area contributed by atoms with Gasteiger partial charge in [-0.25, -0.2) is 0 Å². The number of aromatic nitrogens is 1. The van der Waals surface area contributed by atoms with E-state index in [1.165, 1.54) is 0 Å². The number of anilines is 1. The fourth-order valence-corrected chi connectivity index (χ4v) is 4.28. The van der Waals surface area contributed by atoms with E-state index in [1.54, 1.807) is 4.90 Å². The summed E-state index contributed by atoms with van der Waals surface area (Å²) >= 11 is 0. The van der Waals surface area contributed by atoms with Gasteiger partial charge in [-0.15, -0.1) is 0 Å². The Hall–Kier alpha value is -3.48. The maximum atomic E-state index is 13.2. The Bertz CT molecular complexity index is 1140. The van der Waals surface area contributed by atoms with E-state index in [1.807, 2.05) is 62.5 Å². The molecule has 0 aliphatic carbocycles. The van der Waals surface area contributed by atoms with Gasteiger partial charge in [0.2, 0.25) is 18.6 Å². The highest BCUT2D eigenvalue weighted by Crippen LogP contribution is 2.42. The molecular formula is C23H23N3O4. The van der Waals surface area contributed by atoms with E-state index in [9.17, 15) is 9.59 Å². The molecule has 3 heterocycles. The Morgan fingerprint density at radius 2 is 1.97 bits per heavy atom. The van der Waals surface area contributed by atoms with Crippen molar-refractivity contribution >= 4 is 28.4 Å². The molecule has 2 atom stereocenters. The highest BCUT2D eigenvalue weighted by Gasteiger charge is 2.45. The van der Waals surface area contributed by atoms with Gasteiger partial charge in [0.05, 0.1) is 12.5 Å². The normalized spacial score (nSPS) is 18.6. The number of amides is 2. The van der Waals surface area contributed by atoms with E-state index in [0.29, 0.717) is 23.6 Å². The summed E-state index contributed by atoms with van der Waals surface area (Å²) in [5.41, 5.74) is 2.67. The average molecular weight is 405 g/mol. The molecule has 30 heavy (non-hydrogen) atoms. The van der Waals surface area contributed by atoms with E-state index >= 15 is 0 Å². The number of ether oxygens (including phenoxy) is 2. The van der Waals surface area contributed by atoms with Crippen LogP contribution in [0.4, 0.5) is 5.69 Å². The van der Waals surface area contributed by atoms with Gasteiger partial charge < -0.3 is 24.7 Å². The van der Waals surface area contributed by atoms with Crippen molar-refractivity contribution in [3.05, 3.63) is 54.2 Å². The van der Waals surface area contributed by atoms with Gasteiger partial charge in [-0.1, -0.05) is 19.9 Å². The Morgan fingerprint density at radius 1 is 1.13 bits per heavy atom. The number of β-lactam (4-membered cyclic amide) rings is 1. The predicted molar refractivity (Wildman–Crippen MR) is 112 cm³/mol. The first kappa shape index (κ1) is 18.5. The van der Waals surface area contributed by atoms with Crippen LogP contribution in [-0.2, 0) is 9.59 Å². The van der Waals surface area contributed by atoms with Crippen LogP contribution in [0.1, 0.15) is 31.9 Å². The minimum atomic E-state index is -0.566. The van der Waals surface area contributed by atoms with Crippen LogP contribution >= 0.6 is 0 Å². The van der Waals surface area contributed by atoms with Crippen LogP contribution in [0.3, 0.4) is 0 Å². The molecule has 154 valence electrons. The van der Waals surface area contributed by atoms with Gasteiger partial charge in [0.1, 0.15) is 6.04 Å². The van der Waals surface area contributed by atoms with Gasteiger partial charge in [-0.2, -0.15) is 0 Å². The van der Waals surface area contributed by atoms with E-state index in [4.69, 9.17) is 9.47 Å². The number of aromatic amines is 1. The zero-order valence-electron chi connectivity index (χ0n) is 16.8. The van der Waals surface area contributed by atoms with Crippen LogP contribution in [-0.4, -0.2) is 34.5 Å². The first-order valence-corrected chi connectivity index (χ1v) is 10.1. The SMILES string of the molecule is CC(C)C(C(=O)Nc1ccc2[nH]ccc2c1)N1C(=O)CC1c1ccc2c(c1)OCO2. The highest BCUT2D eigenvalue weighted by molar-refractivity contribution is 6.00. The van der Waals surface area contributed by atoms with E-state index in [2.05, 4.69) is 10.3 Å². The van der Waals surface area contributed by atoms with Gasteiger partial charge in [0, 0.05) is 22.8 Å². The number of hydrogen-bond donors (Lipinski definition) is 2. The summed E-state index contributed by atoms with van der Waals surface area (Å²) in [6.07, 6.45) is 2.24. The largest absolute Gasteiger partial charge is 0.454 e. The molecule has 1 fully saturated rings.